The van der Waals surface area contributed by atoms with Crippen LogP contribution in [0.4, 0.5) is 5.69 Å². The van der Waals surface area contributed by atoms with E-state index in [9.17, 15) is 9.59 Å². The van der Waals surface area contributed by atoms with Gasteiger partial charge in [-0.3, -0.25) is 9.59 Å². The van der Waals surface area contributed by atoms with Gasteiger partial charge < -0.3 is 15.8 Å². The molecule has 17 heavy (non-hydrogen) atoms. The summed E-state index contributed by atoms with van der Waals surface area (Å²) in [5.41, 5.74) is 4.85. The standard InChI is InChI=1S/C12H14N2O3/c13-8-10(15)17-12(6-7-12)11(16)14-9-4-2-1-3-5-9/h1-5H,6-8,13H2,(H,14,16). The maximum atomic E-state index is 11.9. The highest BCUT2D eigenvalue weighted by Crippen LogP contribution is 2.40. The van der Waals surface area contributed by atoms with Gasteiger partial charge in [0, 0.05) is 18.5 Å². The average molecular weight is 234 g/mol. The van der Waals surface area contributed by atoms with Gasteiger partial charge in [-0.05, 0) is 12.1 Å². The monoisotopic (exact) mass is 234 g/mol. The zero-order valence-corrected chi connectivity index (χ0v) is 9.31. The Morgan fingerprint density at radius 1 is 1.29 bits per heavy atom. The fourth-order valence-electron chi connectivity index (χ4n) is 1.52. The molecule has 0 radical (unpaired) electrons. The molecule has 5 heteroatoms. The summed E-state index contributed by atoms with van der Waals surface area (Å²) in [5.74, 6) is -0.837. The van der Waals surface area contributed by atoms with E-state index in [1.165, 1.54) is 0 Å². The molecule has 1 amide bonds. The number of esters is 1. The summed E-state index contributed by atoms with van der Waals surface area (Å²) in [6.45, 7) is -0.208. The van der Waals surface area contributed by atoms with Crippen LogP contribution in [0.25, 0.3) is 0 Å². The van der Waals surface area contributed by atoms with Gasteiger partial charge in [0.2, 0.25) is 0 Å². The summed E-state index contributed by atoms with van der Waals surface area (Å²) in [5, 5.41) is 2.72. The van der Waals surface area contributed by atoms with Gasteiger partial charge in [0.25, 0.3) is 5.91 Å². The second-order valence-corrected chi connectivity index (χ2v) is 3.99. The van der Waals surface area contributed by atoms with Crippen molar-refractivity contribution < 1.29 is 14.3 Å². The lowest BCUT2D eigenvalue weighted by Gasteiger charge is -2.15. The first-order valence-electron chi connectivity index (χ1n) is 5.45. The number of para-hydroxylation sites is 1. The SMILES string of the molecule is NCC(=O)OC1(C(=O)Nc2ccccc2)CC1. The fourth-order valence-corrected chi connectivity index (χ4v) is 1.52. The topological polar surface area (TPSA) is 81.4 Å². The van der Waals surface area contributed by atoms with Crippen molar-refractivity contribution in [1.82, 2.24) is 0 Å². The van der Waals surface area contributed by atoms with E-state index < -0.39 is 11.6 Å². The Morgan fingerprint density at radius 3 is 2.47 bits per heavy atom. The van der Waals surface area contributed by atoms with E-state index in [-0.39, 0.29) is 12.5 Å². The summed E-state index contributed by atoms with van der Waals surface area (Å²) in [7, 11) is 0. The lowest BCUT2D eigenvalue weighted by Crippen LogP contribution is -2.36. The highest BCUT2D eigenvalue weighted by atomic mass is 16.6. The molecule has 0 aliphatic heterocycles. The molecular formula is C12H14N2O3. The molecule has 90 valence electrons. The van der Waals surface area contributed by atoms with Crippen molar-refractivity contribution in [3.8, 4) is 0 Å². The Kier molecular flexibility index (Phi) is 3.10. The van der Waals surface area contributed by atoms with Crippen LogP contribution in [0.1, 0.15) is 12.8 Å². The molecule has 0 heterocycles. The minimum absolute atomic E-state index is 0.208. The van der Waals surface area contributed by atoms with Crippen LogP contribution in [0.3, 0.4) is 0 Å². The number of ether oxygens (including phenoxy) is 1. The highest BCUT2D eigenvalue weighted by Gasteiger charge is 2.54. The van der Waals surface area contributed by atoms with Crippen molar-refractivity contribution in [2.24, 2.45) is 5.73 Å². The molecule has 1 aromatic rings. The van der Waals surface area contributed by atoms with Crippen molar-refractivity contribution in [3.63, 3.8) is 0 Å². The lowest BCUT2D eigenvalue weighted by molar-refractivity contribution is -0.155. The number of benzene rings is 1. The maximum absolute atomic E-state index is 11.9. The van der Waals surface area contributed by atoms with Crippen molar-refractivity contribution in [1.29, 1.82) is 0 Å². The molecule has 0 aromatic heterocycles. The van der Waals surface area contributed by atoms with E-state index in [2.05, 4.69) is 5.32 Å². The second-order valence-electron chi connectivity index (χ2n) is 3.99. The van der Waals surface area contributed by atoms with E-state index in [1.807, 2.05) is 18.2 Å². The van der Waals surface area contributed by atoms with Gasteiger partial charge in [0.05, 0.1) is 6.54 Å². The minimum Gasteiger partial charge on any atom is -0.448 e. The molecule has 1 fully saturated rings. The number of hydrogen-bond acceptors (Lipinski definition) is 4. The van der Waals surface area contributed by atoms with E-state index in [4.69, 9.17) is 10.5 Å². The molecule has 1 saturated carbocycles. The molecule has 1 aliphatic carbocycles. The molecule has 0 bridgehead atoms. The van der Waals surface area contributed by atoms with E-state index in [0.29, 0.717) is 18.5 Å². The van der Waals surface area contributed by atoms with Crippen LogP contribution < -0.4 is 11.1 Å². The zero-order chi connectivity index (χ0) is 12.3. The number of nitrogens with two attached hydrogens (primary N) is 1. The normalized spacial score (nSPS) is 16.1. The first kappa shape index (κ1) is 11.6. The average Bonchev–Trinajstić information content (AvgIpc) is 3.11. The molecule has 5 nitrogen and oxygen atoms in total. The van der Waals surface area contributed by atoms with Crippen LogP contribution in [0.5, 0.6) is 0 Å². The van der Waals surface area contributed by atoms with Gasteiger partial charge in [0.15, 0.2) is 5.60 Å². The minimum atomic E-state index is -0.994. The molecule has 3 N–H and O–H groups in total. The van der Waals surface area contributed by atoms with Crippen LogP contribution in [0.15, 0.2) is 30.3 Å². The molecule has 0 atom stereocenters. The number of rotatable bonds is 4. The number of nitrogens with one attached hydrogen (secondary N) is 1. The van der Waals surface area contributed by atoms with Gasteiger partial charge in [-0.1, -0.05) is 18.2 Å². The predicted molar refractivity (Wildman–Crippen MR) is 62.2 cm³/mol. The van der Waals surface area contributed by atoms with E-state index >= 15 is 0 Å². The van der Waals surface area contributed by atoms with Gasteiger partial charge in [-0.25, -0.2) is 0 Å². The lowest BCUT2D eigenvalue weighted by atomic mass is 10.2. The summed E-state index contributed by atoms with van der Waals surface area (Å²) in [4.78, 5) is 23.0. The van der Waals surface area contributed by atoms with Gasteiger partial charge in [0.1, 0.15) is 0 Å². The summed E-state index contributed by atoms with van der Waals surface area (Å²) in [6.07, 6.45) is 1.11. The molecule has 2 rings (SSSR count). The van der Waals surface area contributed by atoms with Gasteiger partial charge in [-0.2, -0.15) is 0 Å². The number of hydrogen-bond donors (Lipinski definition) is 2. The number of anilines is 1. The van der Waals surface area contributed by atoms with E-state index in [1.54, 1.807) is 12.1 Å². The van der Waals surface area contributed by atoms with E-state index in [0.717, 1.165) is 0 Å². The van der Waals surface area contributed by atoms with Crippen molar-refractivity contribution in [3.05, 3.63) is 30.3 Å². The van der Waals surface area contributed by atoms with Gasteiger partial charge in [-0.15, -0.1) is 0 Å². The quantitative estimate of drug-likeness (QED) is 0.750. The Morgan fingerprint density at radius 2 is 1.94 bits per heavy atom. The summed E-state index contributed by atoms with van der Waals surface area (Å²) in [6, 6.07) is 9.05. The van der Waals surface area contributed by atoms with Gasteiger partial charge >= 0.3 is 5.97 Å². The zero-order valence-electron chi connectivity index (χ0n) is 9.31. The van der Waals surface area contributed by atoms with Crippen LogP contribution in [-0.2, 0) is 14.3 Å². The molecule has 0 unspecified atom stereocenters. The fraction of sp³-hybridized carbons (Fsp3) is 0.333. The maximum Gasteiger partial charge on any atom is 0.320 e. The van der Waals surface area contributed by atoms with Crippen molar-refractivity contribution in [2.45, 2.75) is 18.4 Å². The molecule has 0 spiro atoms. The largest absolute Gasteiger partial charge is 0.448 e. The van der Waals surface area contributed by atoms with Crippen LogP contribution in [0, 0.1) is 0 Å². The number of carbonyl (C=O) groups is 2. The molecule has 1 aliphatic rings. The number of amides is 1. The van der Waals surface area contributed by atoms with Crippen LogP contribution >= 0.6 is 0 Å². The molecule has 0 saturated heterocycles. The Balaban J connectivity index is 1.99. The first-order valence-corrected chi connectivity index (χ1v) is 5.45. The highest BCUT2D eigenvalue weighted by molar-refractivity contribution is 6.00. The van der Waals surface area contributed by atoms with Crippen LogP contribution in [-0.4, -0.2) is 24.0 Å². The Bertz CT molecular complexity index is 427. The third-order valence-corrected chi connectivity index (χ3v) is 2.63. The third kappa shape index (κ3) is 2.62. The second kappa shape index (κ2) is 4.55. The molecular weight excluding hydrogens is 220 g/mol. The smallest absolute Gasteiger partial charge is 0.320 e. The third-order valence-electron chi connectivity index (χ3n) is 2.63. The predicted octanol–water partition coefficient (Wildman–Crippen LogP) is 0.660. The van der Waals surface area contributed by atoms with Crippen molar-refractivity contribution in [2.75, 3.05) is 11.9 Å². The summed E-state index contributed by atoms with van der Waals surface area (Å²) >= 11 is 0. The van der Waals surface area contributed by atoms with Crippen molar-refractivity contribution >= 4 is 17.6 Å². The van der Waals surface area contributed by atoms with Crippen LogP contribution in [0.2, 0.25) is 0 Å². The number of carbonyl (C=O) groups excluding carboxylic acids is 2. The summed E-state index contributed by atoms with van der Waals surface area (Å²) < 4.78 is 5.06. The Labute approximate surface area is 98.9 Å². The first-order chi connectivity index (χ1) is 8.16. The Hall–Kier alpha value is -1.88. The molecule has 1 aromatic carbocycles.